The summed E-state index contributed by atoms with van der Waals surface area (Å²) in [4.78, 5) is 2.34. The maximum atomic E-state index is 5.78. The Kier molecular flexibility index (Phi) is 7.00. The average Bonchev–Trinajstić information content (AvgIpc) is 2.53. The predicted molar refractivity (Wildman–Crippen MR) is 85.5 cm³/mol. The highest BCUT2D eigenvalue weighted by molar-refractivity contribution is 5.28. The first-order valence-electron chi connectivity index (χ1n) is 8.00. The standard InChI is InChI=1S/C17H28N2O2/c1-19(14-17-7-2-3-10-21-17)9-5-11-20-16-8-4-6-15(12-16)13-18/h4,6,8,12,17H,2-3,5,7,9-11,13-14,18H2,1H3. The molecule has 1 fully saturated rings. The molecule has 1 aromatic carbocycles. The van der Waals surface area contributed by atoms with Crippen molar-refractivity contribution in [2.45, 2.75) is 38.3 Å². The van der Waals surface area contributed by atoms with Gasteiger partial charge in [0.15, 0.2) is 0 Å². The first-order chi connectivity index (χ1) is 10.3. The van der Waals surface area contributed by atoms with Crippen LogP contribution < -0.4 is 10.5 Å². The lowest BCUT2D eigenvalue weighted by Crippen LogP contribution is -2.34. The molecular weight excluding hydrogens is 264 g/mol. The lowest BCUT2D eigenvalue weighted by atomic mass is 10.1. The quantitative estimate of drug-likeness (QED) is 0.748. The van der Waals surface area contributed by atoms with E-state index in [0.717, 1.165) is 44.0 Å². The molecule has 4 nitrogen and oxygen atoms in total. The lowest BCUT2D eigenvalue weighted by molar-refractivity contribution is -0.00193. The van der Waals surface area contributed by atoms with Gasteiger partial charge in [-0.1, -0.05) is 12.1 Å². The molecule has 2 N–H and O–H groups in total. The van der Waals surface area contributed by atoms with Crippen LogP contribution in [0, 0.1) is 0 Å². The number of hydrogen-bond donors (Lipinski definition) is 1. The predicted octanol–water partition coefficient (Wildman–Crippen LogP) is 2.42. The highest BCUT2D eigenvalue weighted by atomic mass is 16.5. The van der Waals surface area contributed by atoms with Gasteiger partial charge in [0.1, 0.15) is 5.75 Å². The minimum atomic E-state index is 0.422. The summed E-state index contributed by atoms with van der Waals surface area (Å²) < 4.78 is 11.5. The van der Waals surface area contributed by atoms with Gasteiger partial charge in [-0.25, -0.2) is 0 Å². The minimum Gasteiger partial charge on any atom is -0.494 e. The van der Waals surface area contributed by atoms with E-state index in [1.54, 1.807) is 0 Å². The van der Waals surface area contributed by atoms with E-state index >= 15 is 0 Å². The topological polar surface area (TPSA) is 47.7 Å². The van der Waals surface area contributed by atoms with E-state index < -0.39 is 0 Å². The third-order valence-corrected chi connectivity index (χ3v) is 3.88. The van der Waals surface area contributed by atoms with Gasteiger partial charge in [0.2, 0.25) is 0 Å². The molecule has 1 aliphatic heterocycles. The van der Waals surface area contributed by atoms with Gasteiger partial charge in [-0.05, 0) is 50.4 Å². The van der Waals surface area contributed by atoms with E-state index in [0.29, 0.717) is 12.6 Å². The molecule has 0 radical (unpaired) electrons. The highest BCUT2D eigenvalue weighted by Crippen LogP contribution is 2.14. The Morgan fingerprint density at radius 1 is 1.38 bits per heavy atom. The van der Waals surface area contributed by atoms with Crippen LogP contribution in [0.25, 0.3) is 0 Å². The van der Waals surface area contributed by atoms with Crippen LogP contribution in [0.15, 0.2) is 24.3 Å². The van der Waals surface area contributed by atoms with Gasteiger partial charge in [-0.3, -0.25) is 0 Å². The fourth-order valence-corrected chi connectivity index (χ4v) is 2.68. The van der Waals surface area contributed by atoms with Crippen LogP contribution in [-0.2, 0) is 11.3 Å². The second-order valence-electron chi connectivity index (χ2n) is 5.80. The summed E-state index contributed by atoms with van der Waals surface area (Å²) in [6.45, 7) is 4.30. The van der Waals surface area contributed by atoms with Gasteiger partial charge in [-0.2, -0.15) is 0 Å². The second-order valence-corrected chi connectivity index (χ2v) is 5.80. The number of ether oxygens (including phenoxy) is 2. The fourth-order valence-electron chi connectivity index (χ4n) is 2.68. The summed E-state index contributed by atoms with van der Waals surface area (Å²) in [6.07, 6.45) is 5.17. The van der Waals surface area contributed by atoms with Crippen LogP contribution in [0.2, 0.25) is 0 Å². The van der Waals surface area contributed by atoms with Crippen LogP contribution in [-0.4, -0.2) is 44.4 Å². The Balaban J connectivity index is 1.60. The molecule has 0 spiro atoms. The molecule has 0 amide bonds. The number of hydrogen-bond acceptors (Lipinski definition) is 4. The lowest BCUT2D eigenvalue weighted by Gasteiger charge is -2.27. The molecule has 1 unspecified atom stereocenters. The Bertz CT molecular complexity index is 406. The zero-order chi connectivity index (χ0) is 14.9. The van der Waals surface area contributed by atoms with Gasteiger partial charge in [0, 0.05) is 26.2 Å². The van der Waals surface area contributed by atoms with Crippen molar-refractivity contribution in [2.75, 3.05) is 33.4 Å². The van der Waals surface area contributed by atoms with E-state index in [1.807, 2.05) is 24.3 Å². The van der Waals surface area contributed by atoms with E-state index in [2.05, 4.69) is 11.9 Å². The molecule has 4 heteroatoms. The fraction of sp³-hybridized carbons (Fsp3) is 0.647. The zero-order valence-electron chi connectivity index (χ0n) is 13.1. The largest absolute Gasteiger partial charge is 0.494 e. The van der Waals surface area contributed by atoms with Crippen molar-refractivity contribution in [3.05, 3.63) is 29.8 Å². The minimum absolute atomic E-state index is 0.422. The smallest absolute Gasteiger partial charge is 0.119 e. The van der Waals surface area contributed by atoms with Gasteiger partial charge in [0.05, 0.1) is 12.7 Å². The molecule has 2 rings (SSSR count). The highest BCUT2D eigenvalue weighted by Gasteiger charge is 2.15. The molecule has 1 atom stereocenters. The molecule has 1 saturated heterocycles. The van der Waals surface area contributed by atoms with Crippen LogP contribution >= 0.6 is 0 Å². The van der Waals surface area contributed by atoms with E-state index in [9.17, 15) is 0 Å². The summed E-state index contributed by atoms with van der Waals surface area (Å²) >= 11 is 0. The van der Waals surface area contributed by atoms with Crippen molar-refractivity contribution in [1.82, 2.24) is 4.90 Å². The third-order valence-electron chi connectivity index (χ3n) is 3.88. The van der Waals surface area contributed by atoms with E-state index in [1.165, 1.54) is 19.3 Å². The molecule has 1 heterocycles. The van der Waals surface area contributed by atoms with Crippen molar-refractivity contribution in [3.8, 4) is 5.75 Å². The Hall–Kier alpha value is -1.10. The Morgan fingerprint density at radius 2 is 2.29 bits per heavy atom. The zero-order valence-corrected chi connectivity index (χ0v) is 13.1. The first kappa shape index (κ1) is 16.3. The van der Waals surface area contributed by atoms with Crippen molar-refractivity contribution in [2.24, 2.45) is 5.73 Å². The molecule has 0 aliphatic carbocycles. The number of benzene rings is 1. The van der Waals surface area contributed by atoms with Crippen molar-refractivity contribution < 1.29 is 9.47 Å². The second kappa shape index (κ2) is 9.03. The first-order valence-corrected chi connectivity index (χ1v) is 8.00. The van der Waals surface area contributed by atoms with E-state index in [-0.39, 0.29) is 0 Å². The molecule has 1 aliphatic rings. The van der Waals surface area contributed by atoms with Gasteiger partial charge in [-0.15, -0.1) is 0 Å². The molecule has 0 aromatic heterocycles. The molecule has 1 aromatic rings. The van der Waals surface area contributed by atoms with Crippen LogP contribution in [0.4, 0.5) is 0 Å². The number of nitrogens with zero attached hydrogens (tertiary/aromatic N) is 1. The SMILES string of the molecule is CN(CCCOc1cccc(CN)c1)CC1CCCCO1. The Labute approximate surface area is 128 Å². The number of rotatable bonds is 8. The molecular formula is C17H28N2O2. The summed E-state index contributed by atoms with van der Waals surface area (Å²) in [6, 6.07) is 8.01. The molecule has 0 saturated carbocycles. The molecule has 118 valence electrons. The maximum Gasteiger partial charge on any atom is 0.119 e. The number of nitrogens with two attached hydrogens (primary N) is 1. The van der Waals surface area contributed by atoms with Crippen molar-refractivity contribution in [3.63, 3.8) is 0 Å². The van der Waals surface area contributed by atoms with Gasteiger partial charge < -0.3 is 20.1 Å². The summed E-state index contributed by atoms with van der Waals surface area (Å²) in [5, 5.41) is 0. The molecule has 0 bridgehead atoms. The van der Waals surface area contributed by atoms with E-state index in [4.69, 9.17) is 15.2 Å². The molecule has 21 heavy (non-hydrogen) atoms. The summed E-state index contributed by atoms with van der Waals surface area (Å²) in [7, 11) is 2.16. The van der Waals surface area contributed by atoms with Crippen molar-refractivity contribution in [1.29, 1.82) is 0 Å². The number of likely N-dealkylation sites (N-methyl/N-ethyl adjacent to an activating group) is 1. The maximum absolute atomic E-state index is 5.78. The summed E-state index contributed by atoms with van der Waals surface area (Å²) in [5.74, 6) is 0.913. The van der Waals surface area contributed by atoms with Crippen molar-refractivity contribution >= 4 is 0 Å². The monoisotopic (exact) mass is 292 g/mol. The van der Waals surface area contributed by atoms with Gasteiger partial charge in [0.25, 0.3) is 0 Å². The van der Waals surface area contributed by atoms with Gasteiger partial charge >= 0.3 is 0 Å². The average molecular weight is 292 g/mol. The summed E-state index contributed by atoms with van der Waals surface area (Å²) in [5.41, 5.74) is 6.74. The van der Waals surface area contributed by atoms with Crippen LogP contribution in [0.1, 0.15) is 31.2 Å². The Morgan fingerprint density at radius 3 is 3.05 bits per heavy atom. The third kappa shape index (κ3) is 6.04. The normalized spacial score (nSPS) is 18.9. The van der Waals surface area contributed by atoms with Crippen LogP contribution in [0.3, 0.4) is 0 Å². The van der Waals surface area contributed by atoms with Crippen LogP contribution in [0.5, 0.6) is 5.75 Å².